The predicted molar refractivity (Wildman–Crippen MR) is 71.2 cm³/mol. The van der Waals surface area contributed by atoms with Gasteiger partial charge in [0.05, 0.1) is 24.1 Å². The monoisotopic (exact) mass is 289 g/mol. The zero-order chi connectivity index (χ0) is 14.3. The lowest BCUT2D eigenvalue weighted by molar-refractivity contribution is -0.114. The molecule has 6 heteroatoms. The van der Waals surface area contributed by atoms with E-state index < -0.39 is 11.7 Å². The summed E-state index contributed by atoms with van der Waals surface area (Å²) in [5.41, 5.74) is 0.610. The van der Waals surface area contributed by atoms with Crippen LogP contribution in [0, 0.1) is 0 Å². The Balaban J connectivity index is 1.94. The summed E-state index contributed by atoms with van der Waals surface area (Å²) in [5, 5.41) is 0.365. The average Bonchev–Trinajstić information content (AvgIpc) is 3.03. The highest BCUT2D eigenvalue weighted by molar-refractivity contribution is 6.53. The summed E-state index contributed by atoms with van der Waals surface area (Å²) in [6.45, 7) is -0.243. The van der Waals surface area contributed by atoms with Crippen molar-refractivity contribution in [3.63, 3.8) is 0 Å². The van der Waals surface area contributed by atoms with Gasteiger partial charge in [-0.05, 0) is 30.3 Å². The van der Waals surface area contributed by atoms with Crippen LogP contribution in [-0.4, -0.2) is 24.0 Å². The van der Waals surface area contributed by atoms with Gasteiger partial charge in [-0.15, -0.1) is 0 Å². The number of halogens is 1. The normalized spacial score (nSPS) is 13.8. The number of furan rings is 1. The molecule has 20 heavy (non-hydrogen) atoms. The largest absolute Gasteiger partial charge is 0.461 e. The van der Waals surface area contributed by atoms with E-state index in [4.69, 9.17) is 16.0 Å². The lowest BCUT2D eigenvalue weighted by atomic mass is 10.1. The minimum atomic E-state index is -0.734. The Morgan fingerprint density at radius 1 is 1.25 bits per heavy atom. The molecule has 1 amide bonds. The van der Waals surface area contributed by atoms with Gasteiger partial charge in [0.25, 0.3) is 11.7 Å². The third kappa shape index (κ3) is 1.92. The van der Waals surface area contributed by atoms with E-state index in [1.54, 1.807) is 18.2 Å². The molecular formula is C14H8ClNO4. The van der Waals surface area contributed by atoms with Gasteiger partial charge >= 0.3 is 0 Å². The van der Waals surface area contributed by atoms with Gasteiger partial charge in [0, 0.05) is 5.02 Å². The second-order valence-electron chi connectivity index (χ2n) is 4.28. The Morgan fingerprint density at radius 2 is 2.05 bits per heavy atom. The second kappa shape index (κ2) is 4.61. The van der Waals surface area contributed by atoms with Crippen molar-refractivity contribution in [1.29, 1.82) is 0 Å². The average molecular weight is 290 g/mol. The molecule has 0 saturated carbocycles. The van der Waals surface area contributed by atoms with E-state index in [1.165, 1.54) is 18.4 Å². The van der Waals surface area contributed by atoms with Crippen LogP contribution in [0.2, 0.25) is 5.02 Å². The topological polar surface area (TPSA) is 67.6 Å². The van der Waals surface area contributed by atoms with Gasteiger partial charge in [-0.2, -0.15) is 0 Å². The summed E-state index contributed by atoms with van der Waals surface area (Å²) in [6, 6.07) is 7.63. The van der Waals surface area contributed by atoms with E-state index in [1.807, 2.05) is 0 Å². The van der Waals surface area contributed by atoms with Crippen molar-refractivity contribution in [2.45, 2.75) is 0 Å². The molecule has 0 N–H and O–H groups in total. The van der Waals surface area contributed by atoms with Crippen molar-refractivity contribution in [2.75, 3.05) is 11.4 Å². The van der Waals surface area contributed by atoms with Crippen LogP contribution in [-0.2, 0) is 4.79 Å². The molecule has 1 aromatic heterocycles. The molecule has 3 rings (SSSR count). The quantitative estimate of drug-likeness (QED) is 0.642. The van der Waals surface area contributed by atoms with Crippen LogP contribution in [0.4, 0.5) is 5.69 Å². The SMILES string of the molecule is O=C(CN1C(=O)C(=O)c2cc(Cl)ccc21)c1ccco1. The molecule has 0 spiro atoms. The van der Waals surface area contributed by atoms with E-state index in [0.717, 1.165) is 4.90 Å². The first-order valence-corrected chi connectivity index (χ1v) is 6.18. The van der Waals surface area contributed by atoms with Gasteiger partial charge in [-0.25, -0.2) is 0 Å². The summed E-state index contributed by atoms with van der Waals surface area (Å²) in [6.07, 6.45) is 1.37. The van der Waals surface area contributed by atoms with Crippen LogP contribution in [0.1, 0.15) is 20.9 Å². The van der Waals surface area contributed by atoms with Crippen LogP contribution in [0.15, 0.2) is 41.0 Å². The van der Waals surface area contributed by atoms with Gasteiger partial charge in [0.15, 0.2) is 5.76 Å². The number of nitrogens with zero attached hydrogens (tertiary/aromatic N) is 1. The van der Waals surface area contributed by atoms with Gasteiger partial charge in [-0.1, -0.05) is 11.6 Å². The molecule has 0 radical (unpaired) electrons. The predicted octanol–water partition coefficient (Wildman–Crippen LogP) is 2.35. The van der Waals surface area contributed by atoms with Gasteiger partial charge < -0.3 is 4.42 Å². The fourth-order valence-corrected chi connectivity index (χ4v) is 2.26. The van der Waals surface area contributed by atoms with Crippen molar-refractivity contribution in [3.8, 4) is 0 Å². The molecule has 0 atom stereocenters. The van der Waals surface area contributed by atoms with Crippen molar-refractivity contribution < 1.29 is 18.8 Å². The Labute approximate surface area is 118 Å². The van der Waals surface area contributed by atoms with Crippen LogP contribution >= 0.6 is 11.6 Å². The fraction of sp³-hybridized carbons (Fsp3) is 0.0714. The van der Waals surface area contributed by atoms with E-state index in [0.29, 0.717) is 10.7 Å². The van der Waals surface area contributed by atoms with Crippen LogP contribution in [0.5, 0.6) is 0 Å². The number of hydrogen-bond acceptors (Lipinski definition) is 4. The first-order valence-electron chi connectivity index (χ1n) is 5.80. The second-order valence-corrected chi connectivity index (χ2v) is 4.72. The molecule has 100 valence electrons. The molecule has 1 aromatic carbocycles. The van der Waals surface area contributed by atoms with E-state index in [-0.39, 0.29) is 23.7 Å². The number of carbonyl (C=O) groups excluding carboxylic acids is 3. The Kier molecular flexibility index (Phi) is 2.91. The molecular weight excluding hydrogens is 282 g/mol. The molecule has 5 nitrogen and oxygen atoms in total. The highest BCUT2D eigenvalue weighted by Crippen LogP contribution is 2.31. The zero-order valence-electron chi connectivity index (χ0n) is 10.1. The third-order valence-corrected chi connectivity index (χ3v) is 3.27. The summed E-state index contributed by atoms with van der Waals surface area (Å²) in [4.78, 5) is 36.9. The number of carbonyl (C=O) groups is 3. The lowest BCUT2D eigenvalue weighted by Crippen LogP contribution is -2.34. The summed E-state index contributed by atoms with van der Waals surface area (Å²) in [5.74, 6) is -1.62. The van der Waals surface area contributed by atoms with Gasteiger partial charge in [0.2, 0.25) is 5.78 Å². The number of fused-ring (bicyclic) bond motifs is 1. The number of rotatable bonds is 3. The first-order chi connectivity index (χ1) is 9.58. The molecule has 0 unspecified atom stereocenters. The third-order valence-electron chi connectivity index (χ3n) is 3.03. The summed E-state index contributed by atoms with van der Waals surface area (Å²) < 4.78 is 4.98. The van der Waals surface area contributed by atoms with Crippen molar-refractivity contribution in [1.82, 2.24) is 0 Å². The highest BCUT2D eigenvalue weighted by atomic mass is 35.5. The minimum Gasteiger partial charge on any atom is -0.461 e. The van der Waals surface area contributed by atoms with Gasteiger partial charge in [0.1, 0.15) is 0 Å². The Morgan fingerprint density at radius 3 is 2.75 bits per heavy atom. The molecule has 2 aromatic rings. The minimum absolute atomic E-state index is 0.146. The maximum atomic E-state index is 12.0. The standard InChI is InChI=1S/C14H8ClNO4/c15-8-3-4-10-9(6-8)13(18)14(19)16(10)7-11(17)12-2-1-5-20-12/h1-6H,7H2. The van der Waals surface area contributed by atoms with Crippen LogP contribution in [0.3, 0.4) is 0 Å². The Bertz CT molecular complexity index is 721. The van der Waals surface area contributed by atoms with E-state index >= 15 is 0 Å². The lowest BCUT2D eigenvalue weighted by Gasteiger charge is -2.14. The van der Waals surface area contributed by atoms with Crippen molar-refractivity contribution >= 4 is 34.8 Å². The number of benzene rings is 1. The molecule has 0 bridgehead atoms. The number of hydrogen-bond donors (Lipinski definition) is 0. The summed E-state index contributed by atoms with van der Waals surface area (Å²) >= 11 is 5.81. The zero-order valence-corrected chi connectivity index (χ0v) is 10.9. The van der Waals surface area contributed by atoms with Crippen LogP contribution < -0.4 is 4.90 Å². The smallest absolute Gasteiger partial charge is 0.299 e. The van der Waals surface area contributed by atoms with E-state index in [9.17, 15) is 14.4 Å². The molecule has 0 saturated heterocycles. The first kappa shape index (κ1) is 12.6. The number of ketones is 2. The van der Waals surface area contributed by atoms with E-state index in [2.05, 4.69) is 0 Å². The van der Waals surface area contributed by atoms with Gasteiger partial charge in [-0.3, -0.25) is 19.3 Å². The molecule has 0 aliphatic carbocycles. The molecule has 1 aliphatic heterocycles. The number of amides is 1. The van der Waals surface area contributed by atoms with Crippen molar-refractivity contribution in [3.05, 3.63) is 52.9 Å². The maximum Gasteiger partial charge on any atom is 0.299 e. The number of Topliss-reactive ketones (excluding diaryl/α,β-unsaturated/α-hetero) is 2. The Hall–Kier alpha value is -2.40. The highest BCUT2D eigenvalue weighted by Gasteiger charge is 2.37. The molecule has 2 heterocycles. The summed E-state index contributed by atoms with van der Waals surface area (Å²) in [7, 11) is 0. The van der Waals surface area contributed by atoms with Crippen LogP contribution in [0.25, 0.3) is 0 Å². The van der Waals surface area contributed by atoms with Crippen molar-refractivity contribution in [2.24, 2.45) is 0 Å². The molecule has 1 aliphatic rings. The molecule has 0 fully saturated rings. The number of anilines is 1. The maximum absolute atomic E-state index is 12.0. The fourth-order valence-electron chi connectivity index (χ4n) is 2.09.